The molecule has 114 valence electrons. The topological polar surface area (TPSA) is 87.6 Å². The number of nitrogens with zero attached hydrogens (tertiary/aromatic N) is 1. The molecule has 0 saturated carbocycles. The number of hydrogen-bond donors (Lipinski definition) is 1. The van der Waals surface area contributed by atoms with Gasteiger partial charge in [-0.3, -0.25) is 10.1 Å². The van der Waals surface area contributed by atoms with Gasteiger partial charge in [0.15, 0.2) is 0 Å². The van der Waals surface area contributed by atoms with Crippen molar-refractivity contribution < 1.29 is 14.4 Å². The van der Waals surface area contributed by atoms with Crippen LogP contribution in [0.2, 0.25) is 0 Å². The molecule has 6 heteroatoms. The Balaban J connectivity index is 2.30. The summed E-state index contributed by atoms with van der Waals surface area (Å²) >= 11 is 0. The van der Waals surface area contributed by atoms with Crippen LogP contribution >= 0.6 is 0 Å². The number of ether oxygens (including phenoxy) is 2. The van der Waals surface area contributed by atoms with E-state index in [4.69, 9.17) is 15.2 Å². The monoisotopic (exact) mass is 300 g/mol. The molecule has 0 spiro atoms. The molecule has 0 aliphatic carbocycles. The second-order valence-electron chi connectivity index (χ2n) is 4.55. The van der Waals surface area contributed by atoms with Gasteiger partial charge >= 0.3 is 0 Å². The van der Waals surface area contributed by atoms with E-state index >= 15 is 0 Å². The molecule has 0 aliphatic heterocycles. The molecule has 6 nitrogen and oxygen atoms in total. The quantitative estimate of drug-likeness (QED) is 0.396. The molecule has 22 heavy (non-hydrogen) atoms. The summed E-state index contributed by atoms with van der Waals surface area (Å²) in [5.74, 6) is 1.35. The van der Waals surface area contributed by atoms with Crippen molar-refractivity contribution in [1.82, 2.24) is 0 Å². The van der Waals surface area contributed by atoms with Crippen molar-refractivity contribution in [3.05, 3.63) is 57.6 Å². The molecule has 0 radical (unpaired) electrons. The molecule has 0 saturated heterocycles. The van der Waals surface area contributed by atoms with Crippen molar-refractivity contribution >= 4 is 23.5 Å². The van der Waals surface area contributed by atoms with E-state index < -0.39 is 4.92 Å². The van der Waals surface area contributed by atoms with E-state index in [1.807, 2.05) is 18.2 Å². The van der Waals surface area contributed by atoms with Crippen LogP contribution in [0.3, 0.4) is 0 Å². The van der Waals surface area contributed by atoms with Crippen LogP contribution in [0, 0.1) is 10.1 Å². The third kappa shape index (κ3) is 3.54. The zero-order valence-electron chi connectivity index (χ0n) is 12.3. The molecule has 0 atom stereocenters. The lowest BCUT2D eigenvalue weighted by atomic mass is 10.1. The largest absolute Gasteiger partial charge is 0.497 e. The Kier molecular flexibility index (Phi) is 4.63. The molecule has 0 heterocycles. The summed E-state index contributed by atoms with van der Waals surface area (Å²) in [7, 11) is 3.16. The fourth-order valence-electron chi connectivity index (χ4n) is 1.94. The fraction of sp³-hybridized carbons (Fsp3) is 0.125. The van der Waals surface area contributed by atoms with Crippen LogP contribution in [-0.2, 0) is 0 Å². The number of hydrogen-bond acceptors (Lipinski definition) is 5. The standard InChI is InChI=1S/C16H16N2O4/c1-21-14-7-11(8-15(10-14)22-2)3-4-12-5-6-13(18(19)20)9-16(12)17/h3-10H,17H2,1-2H3/b4-3+. The van der Waals surface area contributed by atoms with E-state index in [1.165, 1.54) is 12.1 Å². The Bertz CT molecular complexity index is 704. The number of anilines is 1. The van der Waals surface area contributed by atoms with Crippen molar-refractivity contribution in [2.75, 3.05) is 20.0 Å². The van der Waals surface area contributed by atoms with Crippen LogP contribution in [0.4, 0.5) is 11.4 Å². The minimum absolute atomic E-state index is 0.0299. The molecular formula is C16H16N2O4. The maximum absolute atomic E-state index is 10.7. The number of nitrogen functional groups attached to an aromatic ring is 1. The van der Waals surface area contributed by atoms with Gasteiger partial charge in [-0.05, 0) is 29.3 Å². The maximum Gasteiger partial charge on any atom is 0.271 e. The summed E-state index contributed by atoms with van der Waals surface area (Å²) in [4.78, 5) is 10.2. The third-order valence-corrected chi connectivity index (χ3v) is 3.11. The zero-order chi connectivity index (χ0) is 16.1. The van der Waals surface area contributed by atoms with Gasteiger partial charge in [0.1, 0.15) is 11.5 Å². The first kappa shape index (κ1) is 15.4. The highest BCUT2D eigenvalue weighted by atomic mass is 16.6. The minimum Gasteiger partial charge on any atom is -0.497 e. The lowest BCUT2D eigenvalue weighted by Gasteiger charge is -2.06. The van der Waals surface area contributed by atoms with E-state index in [0.717, 1.165) is 5.56 Å². The minimum atomic E-state index is -0.475. The Morgan fingerprint density at radius 2 is 1.68 bits per heavy atom. The van der Waals surface area contributed by atoms with Gasteiger partial charge in [0, 0.05) is 23.9 Å². The molecule has 2 aromatic carbocycles. The van der Waals surface area contributed by atoms with Gasteiger partial charge in [-0.25, -0.2) is 0 Å². The van der Waals surface area contributed by atoms with Crippen LogP contribution in [0.1, 0.15) is 11.1 Å². The highest BCUT2D eigenvalue weighted by molar-refractivity contribution is 5.77. The number of benzene rings is 2. The van der Waals surface area contributed by atoms with E-state index in [0.29, 0.717) is 22.7 Å². The fourth-order valence-corrected chi connectivity index (χ4v) is 1.94. The predicted octanol–water partition coefficient (Wildman–Crippen LogP) is 3.36. The van der Waals surface area contributed by atoms with Gasteiger partial charge in [0.05, 0.1) is 19.1 Å². The van der Waals surface area contributed by atoms with Crippen molar-refractivity contribution in [2.45, 2.75) is 0 Å². The molecule has 0 fully saturated rings. The summed E-state index contributed by atoms with van der Waals surface area (Å²) < 4.78 is 10.4. The SMILES string of the molecule is COc1cc(/C=C/c2ccc([N+](=O)[O-])cc2N)cc(OC)c1. The van der Waals surface area contributed by atoms with Gasteiger partial charge in [0.2, 0.25) is 0 Å². The average Bonchev–Trinajstić information content (AvgIpc) is 2.53. The summed E-state index contributed by atoms with van der Waals surface area (Å²) in [5, 5.41) is 10.7. The number of rotatable bonds is 5. The zero-order valence-corrected chi connectivity index (χ0v) is 12.3. The average molecular weight is 300 g/mol. The van der Waals surface area contributed by atoms with E-state index in [9.17, 15) is 10.1 Å². The summed E-state index contributed by atoms with van der Waals surface area (Å²) in [6.07, 6.45) is 3.62. The lowest BCUT2D eigenvalue weighted by molar-refractivity contribution is -0.384. The molecule has 0 aromatic heterocycles. The van der Waals surface area contributed by atoms with Crippen LogP contribution in [-0.4, -0.2) is 19.1 Å². The van der Waals surface area contributed by atoms with Crippen LogP contribution < -0.4 is 15.2 Å². The molecule has 2 aromatic rings. The number of nitrogens with two attached hydrogens (primary N) is 1. The lowest BCUT2D eigenvalue weighted by Crippen LogP contribution is -1.93. The Morgan fingerprint density at radius 1 is 1.05 bits per heavy atom. The van der Waals surface area contributed by atoms with E-state index in [1.54, 1.807) is 32.4 Å². The third-order valence-electron chi connectivity index (χ3n) is 3.11. The Morgan fingerprint density at radius 3 is 2.18 bits per heavy atom. The van der Waals surface area contributed by atoms with E-state index in [-0.39, 0.29) is 5.69 Å². The maximum atomic E-state index is 10.7. The summed E-state index contributed by atoms with van der Waals surface area (Å²) in [6, 6.07) is 9.84. The second-order valence-corrected chi connectivity index (χ2v) is 4.55. The van der Waals surface area contributed by atoms with Gasteiger partial charge in [-0.15, -0.1) is 0 Å². The number of nitro groups is 1. The Hall–Kier alpha value is -3.02. The first-order valence-electron chi connectivity index (χ1n) is 6.48. The normalized spacial score (nSPS) is 10.6. The number of methoxy groups -OCH3 is 2. The molecular weight excluding hydrogens is 284 g/mol. The Labute approximate surface area is 127 Å². The van der Waals surface area contributed by atoms with Crippen molar-refractivity contribution in [3.8, 4) is 11.5 Å². The summed E-state index contributed by atoms with van der Waals surface area (Å²) in [5.41, 5.74) is 7.72. The molecule has 2 rings (SSSR count). The van der Waals surface area contributed by atoms with Gasteiger partial charge in [0.25, 0.3) is 5.69 Å². The van der Waals surface area contributed by atoms with Crippen LogP contribution in [0.25, 0.3) is 12.2 Å². The number of nitro benzene ring substituents is 1. The van der Waals surface area contributed by atoms with E-state index in [2.05, 4.69) is 0 Å². The molecule has 2 N–H and O–H groups in total. The van der Waals surface area contributed by atoms with Gasteiger partial charge < -0.3 is 15.2 Å². The smallest absolute Gasteiger partial charge is 0.271 e. The van der Waals surface area contributed by atoms with Crippen LogP contribution in [0.5, 0.6) is 11.5 Å². The molecule has 0 aliphatic rings. The van der Waals surface area contributed by atoms with Crippen molar-refractivity contribution in [1.29, 1.82) is 0 Å². The molecule has 0 amide bonds. The molecule has 0 unspecified atom stereocenters. The van der Waals surface area contributed by atoms with Crippen molar-refractivity contribution in [3.63, 3.8) is 0 Å². The first-order chi connectivity index (χ1) is 10.5. The summed E-state index contributed by atoms with van der Waals surface area (Å²) in [6.45, 7) is 0. The predicted molar refractivity (Wildman–Crippen MR) is 86.0 cm³/mol. The van der Waals surface area contributed by atoms with Crippen LogP contribution in [0.15, 0.2) is 36.4 Å². The van der Waals surface area contributed by atoms with Gasteiger partial charge in [-0.1, -0.05) is 12.2 Å². The second kappa shape index (κ2) is 6.62. The van der Waals surface area contributed by atoms with Crippen molar-refractivity contribution in [2.24, 2.45) is 0 Å². The highest BCUT2D eigenvalue weighted by Crippen LogP contribution is 2.25. The van der Waals surface area contributed by atoms with Gasteiger partial charge in [-0.2, -0.15) is 0 Å². The highest BCUT2D eigenvalue weighted by Gasteiger charge is 2.07. The first-order valence-corrected chi connectivity index (χ1v) is 6.48. The molecule has 0 bridgehead atoms. The number of non-ortho nitro benzene ring substituents is 1.